The normalized spacial score (nSPS) is 11.4. The molecule has 0 aliphatic heterocycles. The second kappa shape index (κ2) is 6.43. The summed E-state index contributed by atoms with van der Waals surface area (Å²) in [4.78, 5) is 10.5. The molecule has 116 valence electrons. The third-order valence-corrected chi connectivity index (χ3v) is 4.51. The van der Waals surface area contributed by atoms with Crippen molar-refractivity contribution >= 4 is 27.6 Å². The van der Waals surface area contributed by atoms with E-state index in [0.717, 1.165) is 18.2 Å². The number of carbonyl (C=O) groups is 1. The Kier molecular flexibility index (Phi) is 4.80. The van der Waals surface area contributed by atoms with Crippen molar-refractivity contribution in [2.24, 2.45) is 0 Å². The van der Waals surface area contributed by atoms with E-state index in [1.807, 2.05) is 0 Å². The zero-order chi connectivity index (χ0) is 16.3. The minimum atomic E-state index is -3.95. The quantitative estimate of drug-likeness (QED) is 0.874. The van der Waals surface area contributed by atoms with Gasteiger partial charge in [-0.3, -0.25) is 0 Å². The average molecular weight is 344 g/mol. The fourth-order valence-corrected chi connectivity index (χ4v) is 2.87. The van der Waals surface area contributed by atoms with Gasteiger partial charge in [0.15, 0.2) is 0 Å². The number of aromatic carboxylic acids is 1. The molecule has 0 spiro atoms. The van der Waals surface area contributed by atoms with Crippen LogP contribution in [0.1, 0.15) is 15.9 Å². The predicted octanol–water partition coefficient (Wildman–Crippen LogP) is 2.66. The molecule has 2 rings (SSSR count). The van der Waals surface area contributed by atoms with Crippen molar-refractivity contribution < 1.29 is 22.7 Å². The van der Waals surface area contributed by atoms with E-state index in [1.165, 1.54) is 0 Å². The molecular formula is C14H11ClFNO4S. The maximum Gasteiger partial charge on any atom is 0.338 e. The van der Waals surface area contributed by atoms with Gasteiger partial charge < -0.3 is 5.11 Å². The van der Waals surface area contributed by atoms with E-state index < -0.39 is 27.4 Å². The van der Waals surface area contributed by atoms with Crippen molar-refractivity contribution in [3.63, 3.8) is 0 Å². The molecule has 0 saturated heterocycles. The minimum Gasteiger partial charge on any atom is -0.478 e. The Labute approximate surface area is 131 Å². The van der Waals surface area contributed by atoms with Crippen LogP contribution in [-0.4, -0.2) is 19.5 Å². The lowest BCUT2D eigenvalue weighted by Gasteiger charge is -2.08. The summed E-state index contributed by atoms with van der Waals surface area (Å²) in [5, 5.41) is 9.35. The lowest BCUT2D eigenvalue weighted by atomic mass is 10.2. The third kappa shape index (κ3) is 3.82. The van der Waals surface area contributed by atoms with Gasteiger partial charge in [-0.1, -0.05) is 23.7 Å². The molecule has 0 heterocycles. The molecular weight excluding hydrogens is 333 g/mol. The van der Waals surface area contributed by atoms with Crippen LogP contribution in [0, 0.1) is 5.82 Å². The number of hydrogen-bond acceptors (Lipinski definition) is 3. The van der Waals surface area contributed by atoms with Gasteiger partial charge in [-0.05, 0) is 35.9 Å². The Bertz CT molecular complexity index is 806. The van der Waals surface area contributed by atoms with Crippen LogP contribution >= 0.6 is 11.6 Å². The van der Waals surface area contributed by atoms with Gasteiger partial charge in [-0.2, -0.15) is 0 Å². The molecule has 0 unspecified atom stereocenters. The summed E-state index contributed by atoms with van der Waals surface area (Å²) in [6.07, 6.45) is 0. The molecule has 5 nitrogen and oxygen atoms in total. The molecule has 0 aliphatic rings. The largest absolute Gasteiger partial charge is 0.478 e. The van der Waals surface area contributed by atoms with Crippen LogP contribution < -0.4 is 4.72 Å². The predicted molar refractivity (Wildman–Crippen MR) is 78.8 cm³/mol. The Balaban J connectivity index is 2.21. The van der Waals surface area contributed by atoms with E-state index in [-0.39, 0.29) is 11.4 Å². The SMILES string of the molecule is O=C(O)c1cc(S(=O)(=O)NCc2ccc(Cl)cc2)ccc1F. The highest BCUT2D eigenvalue weighted by atomic mass is 35.5. The van der Waals surface area contributed by atoms with Crippen LogP contribution in [0.5, 0.6) is 0 Å². The highest BCUT2D eigenvalue weighted by molar-refractivity contribution is 7.89. The van der Waals surface area contributed by atoms with Crippen LogP contribution in [0.2, 0.25) is 5.02 Å². The first-order valence-electron chi connectivity index (χ1n) is 6.06. The van der Waals surface area contributed by atoms with Crippen molar-refractivity contribution in [2.75, 3.05) is 0 Å². The summed E-state index contributed by atoms with van der Waals surface area (Å²) < 4.78 is 39.8. The minimum absolute atomic E-state index is 0.000711. The first-order chi connectivity index (χ1) is 10.3. The van der Waals surface area contributed by atoms with Crippen LogP contribution in [0.25, 0.3) is 0 Å². The van der Waals surface area contributed by atoms with Crippen LogP contribution in [-0.2, 0) is 16.6 Å². The summed E-state index contributed by atoms with van der Waals surface area (Å²) in [6.45, 7) is -0.000711. The van der Waals surface area contributed by atoms with E-state index in [1.54, 1.807) is 24.3 Å². The summed E-state index contributed by atoms with van der Waals surface area (Å²) >= 11 is 5.73. The number of carboxylic acid groups (broad SMARTS) is 1. The van der Waals surface area contributed by atoms with Crippen LogP contribution in [0.3, 0.4) is 0 Å². The molecule has 0 fully saturated rings. The molecule has 0 aliphatic carbocycles. The monoisotopic (exact) mass is 343 g/mol. The van der Waals surface area contributed by atoms with Crippen molar-refractivity contribution in [1.82, 2.24) is 4.72 Å². The summed E-state index contributed by atoms with van der Waals surface area (Å²) in [5.74, 6) is -2.53. The average Bonchev–Trinajstić information content (AvgIpc) is 2.46. The number of sulfonamides is 1. The molecule has 8 heteroatoms. The van der Waals surface area contributed by atoms with E-state index in [9.17, 15) is 17.6 Å². The molecule has 2 N–H and O–H groups in total. The number of benzene rings is 2. The number of carboxylic acids is 1. The van der Waals surface area contributed by atoms with Gasteiger partial charge in [-0.15, -0.1) is 0 Å². The van der Waals surface area contributed by atoms with E-state index in [0.29, 0.717) is 10.6 Å². The second-order valence-corrected chi connectivity index (χ2v) is 6.60. The molecule has 0 aromatic heterocycles. The molecule has 0 saturated carbocycles. The highest BCUT2D eigenvalue weighted by Crippen LogP contribution is 2.16. The van der Waals surface area contributed by atoms with E-state index in [2.05, 4.69) is 4.72 Å². The Morgan fingerprint density at radius 2 is 1.82 bits per heavy atom. The van der Waals surface area contributed by atoms with Crippen molar-refractivity contribution in [1.29, 1.82) is 0 Å². The second-order valence-electron chi connectivity index (χ2n) is 4.40. The van der Waals surface area contributed by atoms with Gasteiger partial charge in [0.25, 0.3) is 0 Å². The maximum absolute atomic E-state index is 13.3. The summed E-state index contributed by atoms with van der Waals surface area (Å²) in [5.41, 5.74) is -0.0251. The highest BCUT2D eigenvalue weighted by Gasteiger charge is 2.18. The Morgan fingerprint density at radius 3 is 2.41 bits per heavy atom. The van der Waals surface area contributed by atoms with Gasteiger partial charge in [0, 0.05) is 11.6 Å². The molecule has 0 bridgehead atoms. The lowest BCUT2D eigenvalue weighted by molar-refractivity contribution is 0.0691. The molecule has 2 aromatic rings. The fraction of sp³-hybridized carbons (Fsp3) is 0.0714. The van der Waals surface area contributed by atoms with E-state index in [4.69, 9.17) is 16.7 Å². The Hall–Kier alpha value is -1.96. The number of hydrogen-bond donors (Lipinski definition) is 2. The third-order valence-electron chi connectivity index (χ3n) is 2.86. The van der Waals surface area contributed by atoms with E-state index >= 15 is 0 Å². The maximum atomic E-state index is 13.3. The standard InChI is InChI=1S/C14H11ClFNO4S/c15-10-3-1-9(2-4-10)8-17-22(20,21)11-5-6-13(16)12(7-11)14(18)19/h1-7,17H,8H2,(H,18,19). The first kappa shape index (κ1) is 16.4. The van der Waals surface area contributed by atoms with Gasteiger partial charge in [0.2, 0.25) is 10.0 Å². The van der Waals surface area contributed by atoms with Crippen molar-refractivity contribution in [2.45, 2.75) is 11.4 Å². The summed E-state index contributed by atoms with van der Waals surface area (Å²) in [7, 11) is -3.95. The van der Waals surface area contributed by atoms with Crippen molar-refractivity contribution in [3.05, 3.63) is 64.4 Å². The summed E-state index contributed by atoms with van der Waals surface area (Å²) in [6, 6.07) is 9.13. The fourth-order valence-electron chi connectivity index (χ4n) is 1.70. The number of rotatable bonds is 5. The molecule has 0 atom stereocenters. The Morgan fingerprint density at radius 1 is 1.18 bits per heavy atom. The van der Waals surface area contributed by atoms with Gasteiger partial charge >= 0.3 is 5.97 Å². The first-order valence-corrected chi connectivity index (χ1v) is 7.92. The smallest absolute Gasteiger partial charge is 0.338 e. The van der Waals surface area contributed by atoms with Crippen molar-refractivity contribution in [3.8, 4) is 0 Å². The van der Waals surface area contributed by atoms with Gasteiger partial charge in [0.05, 0.1) is 10.5 Å². The van der Waals surface area contributed by atoms with Gasteiger partial charge in [0.1, 0.15) is 5.82 Å². The topological polar surface area (TPSA) is 83.5 Å². The molecule has 22 heavy (non-hydrogen) atoms. The van der Waals surface area contributed by atoms with Crippen LogP contribution in [0.4, 0.5) is 4.39 Å². The molecule has 2 aromatic carbocycles. The molecule has 0 radical (unpaired) electrons. The van der Waals surface area contributed by atoms with Gasteiger partial charge in [-0.25, -0.2) is 22.3 Å². The number of nitrogens with one attached hydrogen (secondary N) is 1. The number of halogens is 2. The zero-order valence-corrected chi connectivity index (χ0v) is 12.7. The van der Waals surface area contributed by atoms with Crippen LogP contribution in [0.15, 0.2) is 47.4 Å². The lowest BCUT2D eigenvalue weighted by Crippen LogP contribution is -2.23. The molecule has 0 amide bonds. The zero-order valence-electron chi connectivity index (χ0n) is 11.1.